The van der Waals surface area contributed by atoms with Crippen molar-refractivity contribution in [3.63, 3.8) is 0 Å². The zero-order chi connectivity index (χ0) is 22.5. The van der Waals surface area contributed by atoms with Gasteiger partial charge in [0.2, 0.25) is 5.91 Å². The van der Waals surface area contributed by atoms with Gasteiger partial charge in [-0.25, -0.2) is 5.48 Å². The minimum atomic E-state index is -0.663. The lowest BCUT2D eigenvalue weighted by Crippen LogP contribution is -2.30. The number of rotatable bonds is 13. The lowest BCUT2D eigenvalue weighted by Gasteiger charge is -2.18. The number of ether oxygens (including phenoxy) is 3. The minimum absolute atomic E-state index is 0.216. The summed E-state index contributed by atoms with van der Waals surface area (Å²) < 4.78 is 16.5. The Bertz CT molecular complexity index is 806. The van der Waals surface area contributed by atoms with E-state index in [-0.39, 0.29) is 18.9 Å². The summed E-state index contributed by atoms with van der Waals surface area (Å²) in [6.45, 7) is 0.216. The quantitative estimate of drug-likeness (QED) is 0.254. The number of carbonyl (C=O) groups excluding carboxylic acids is 2. The molecule has 2 aromatic carbocycles. The van der Waals surface area contributed by atoms with Gasteiger partial charge in [-0.15, -0.1) is 0 Å². The number of hydroxylamine groups is 1. The molecule has 0 radical (unpaired) electrons. The number of carbonyl (C=O) groups is 2. The Kier molecular flexibility index (Phi) is 10.3. The molecule has 8 heteroatoms. The number of amides is 2. The van der Waals surface area contributed by atoms with Crippen LogP contribution < -0.4 is 20.3 Å². The molecule has 3 N–H and O–H groups in total. The summed E-state index contributed by atoms with van der Waals surface area (Å²) in [7, 11) is 3.15. The van der Waals surface area contributed by atoms with Gasteiger partial charge < -0.3 is 19.5 Å². The molecule has 2 rings (SSSR count). The molecule has 1 unspecified atom stereocenters. The fourth-order valence-corrected chi connectivity index (χ4v) is 3.03. The first kappa shape index (κ1) is 24.2. The highest BCUT2D eigenvalue weighted by Gasteiger charge is 2.19. The molecule has 0 aromatic heterocycles. The van der Waals surface area contributed by atoms with Crippen LogP contribution in [0.1, 0.15) is 37.7 Å². The van der Waals surface area contributed by atoms with Crippen LogP contribution in [0.3, 0.4) is 0 Å². The molecular weight excluding hydrogens is 400 g/mol. The number of hydrogen-bond donors (Lipinski definition) is 3. The van der Waals surface area contributed by atoms with Crippen molar-refractivity contribution in [2.24, 2.45) is 0 Å². The maximum absolute atomic E-state index is 12.8. The van der Waals surface area contributed by atoms with E-state index >= 15 is 0 Å². The van der Waals surface area contributed by atoms with Crippen molar-refractivity contribution in [1.82, 2.24) is 5.48 Å². The van der Waals surface area contributed by atoms with E-state index in [9.17, 15) is 9.59 Å². The average Bonchev–Trinajstić information content (AvgIpc) is 2.80. The summed E-state index contributed by atoms with van der Waals surface area (Å²) in [4.78, 5) is 23.9. The monoisotopic (exact) mass is 430 g/mol. The molecule has 168 valence electrons. The lowest BCUT2D eigenvalue weighted by molar-refractivity contribution is -0.130. The molecule has 0 spiro atoms. The van der Waals surface area contributed by atoms with E-state index in [0.717, 1.165) is 12.0 Å². The van der Waals surface area contributed by atoms with Gasteiger partial charge in [0.1, 0.15) is 17.6 Å². The van der Waals surface area contributed by atoms with E-state index < -0.39 is 12.0 Å². The molecule has 0 heterocycles. The van der Waals surface area contributed by atoms with Crippen LogP contribution in [0.4, 0.5) is 5.69 Å². The van der Waals surface area contributed by atoms with Gasteiger partial charge in [0.15, 0.2) is 0 Å². The Hall–Kier alpha value is -3.10. The molecule has 8 nitrogen and oxygen atoms in total. The fourth-order valence-electron chi connectivity index (χ4n) is 3.03. The van der Waals surface area contributed by atoms with Crippen molar-refractivity contribution in [3.8, 4) is 11.5 Å². The molecule has 0 bridgehead atoms. The SMILES string of the molecule is COc1cc(COC(CCCCCC(=O)NO)C(=O)Nc2ccccc2)cc(OC)c1. The Labute approximate surface area is 182 Å². The van der Waals surface area contributed by atoms with Crippen molar-refractivity contribution >= 4 is 17.5 Å². The number of unbranched alkanes of at least 4 members (excludes halogenated alkanes) is 2. The normalized spacial score (nSPS) is 11.5. The van der Waals surface area contributed by atoms with Gasteiger partial charge in [0, 0.05) is 18.2 Å². The van der Waals surface area contributed by atoms with Crippen LogP contribution in [0.25, 0.3) is 0 Å². The molecule has 0 aliphatic rings. The molecule has 2 amide bonds. The number of benzene rings is 2. The highest BCUT2D eigenvalue weighted by Crippen LogP contribution is 2.24. The summed E-state index contributed by atoms with van der Waals surface area (Å²) in [5.74, 6) is 0.645. The molecule has 1 atom stereocenters. The Morgan fingerprint density at radius 2 is 1.65 bits per heavy atom. The van der Waals surface area contributed by atoms with Crippen LogP contribution in [0, 0.1) is 0 Å². The van der Waals surface area contributed by atoms with Crippen LogP contribution in [-0.2, 0) is 20.9 Å². The van der Waals surface area contributed by atoms with Crippen molar-refractivity contribution in [2.45, 2.75) is 44.8 Å². The first-order valence-corrected chi connectivity index (χ1v) is 10.2. The van der Waals surface area contributed by atoms with Gasteiger partial charge in [0.05, 0.1) is 20.8 Å². The predicted molar refractivity (Wildman–Crippen MR) is 116 cm³/mol. The predicted octanol–water partition coefficient (Wildman–Crippen LogP) is 3.68. The smallest absolute Gasteiger partial charge is 0.253 e. The van der Waals surface area contributed by atoms with E-state index in [2.05, 4.69) is 5.32 Å². The molecule has 0 aliphatic carbocycles. The van der Waals surface area contributed by atoms with Gasteiger partial charge >= 0.3 is 0 Å². The third kappa shape index (κ3) is 8.65. The summed E-state index contributed by atoms with van der Waals surface area (Å²) in [6.07, 6.45) is 2.13. The van der Waals surface area contributed by atoms with Crippen LogP contribution >= 0.6 is 0 Å². The average molecular weight is 431 g/mol. The Morgan fingerprint density at radius 1 is 0.968 bits per heavy atom. The molecule has 0 saturated heterocycles. The topological polar surface area (TPSA) is 106 Å². The standard InChI is InChI=1S/C23H30N2O6/c1-29-19-13-17(14-20(15-19)30-2)16-31-21(11-7-4-8-12-22(26)25-28)23(27)24-18-9-5-3-6-10-18/h3,5-6,9-10,13-15,21,28H,4,7-8,11-12,16H2,1-2H3,(H,24,27)(H,25,26). The highest BCUT2D eigenvalue weighted by molar-refractivity contribution is 5.94. The Balaban J connectivity index is 1.99. The summed E-state index contributed by atoms with van der Waals surface area (Å²) in [5, 5.41) is 11.4. The lowest BCUT2D eigenvalue weighted by atomic mass is 10.1. The number of nitrogens with one attached hydrogen (secondary N) is 2. The maximum Gasteiger partial charge on any atom is 0.253 e. The second-order valence-electron chi connectivity index (χ2n) is 7.01. The van der Waals surface area contributed by atoms with E-state index in [0.29, 0.717) is 36.4 Å². The third-order valence-electron chi connectivity index (χ3n) is 4.69. The maximum atomic E-state index is 12.8. The molecule has 31 heavy (non-hydrogen) atoms. The molecule has 0 aliphatic heterocycles. The first-order valence-electron chi connectivity index (χ1n) is 10.2. The minimum Gasteiger partial charge on any atom is -0.497 e. The van der Waals surface area contributed by atoms with E-state index in [1.165, 1.54) is 0 Å². The van der Waals surface area contributed by atoms with Gasteiger partial charge in [0.25, 0.3) is 5.91 Å². The third-order valence-corrected chi connectivity index (χ3v) is 4.69. The second-order valence-corrected chi connectivity index (χ2v) is 7.01. The summed E-state index contributed by atoms with van der Waals surface area (Å²) in [6, 6.07) is 14.6. The fraction of sp³-hybridized carbons (Fsp3) is 0.391. The zero-order valence-corrected chi connectivity index (χ0v) is 17.9. The number of hydrogen-bond acceptors (Lipinski definition) is 6. The van der Waals surface area contributed by atoms with E-state index in [1.807, 2.05) is 42.5 Å². The van der Waals surface area contributed by atoms with Gasteiger partial charge in [-0.3, -0.25) is 14.8 Å². The number of para-hydroxylation sites is 1. The Morgan fingerprint density at radius 3 is 2.26 bits per heavy atom. The van der Waals surface area contributed by atoms with Gasteiger partial charge in [-0.1, -0.05) is 31.0 Å². The van der Waals surface area contributed by atoms with Crippen molar-refractivity contribution in [1.29, 1.82) is 0 Å². The van der Waals surface area contributed by atoms with Crippen molar-refractivity contribution < 1.29 is 29.0 Å². The largest absolute Gasteiger partial charge is 0.497 e. The van der Waals surface area contributed by atoms with Crippen LogP contribution in [0.2, 0.25) is 0 Å². The van der Waals surface area contributed by atoms with Crippen molar-refractivity contribution in [2.75, 3.05) is 19.5 Å². The van der Waals surface area contributed by atoms with Crippen LogP contribution in [-0.4, -0.2) is 37.3 Å². The zero-order valence-electron chi connectivity index (χ0n) is 17.9. The van der Waals surface area contributed by atoms with Crippen LogP contribution in [0.15, 0.2) is 48.5 Å². The molecule has 2 aromatic rings. The number of anilines is 1. The van der Waals surface area contributed by atoms with Crippen LogP contribution in [0.5, 0.6) is 11.5 Å². The van der Waals surface area contributed by atoms with E-state index in [4.69, 9.17) is 19.4 Å². The number of methoxy groups -OCH3 is 2. The van der Waals surface area contributed by atoms with Crippen molar-refractivity contribution in [3.05, 3.63) is 54.1 Å². The summed E-state index contributed by atoms with van der Waals surface area (Å²) >= 11 is 0. The summed E-state index contributed by atoms with van der Waals surface area (Å²) in [5.41, 5.74) is 3.14. The first-order chi connectivity index (χ1) is 15.0. The molecular formula is C23H30N2O6. The van der Waals surface area contributed by atoms with E-state index in [1.54, 1.807) is 25.8 Å². The molecule has 0 saturated carbocycles. The highest BCUT2D eigenvalue weighted by atomic mass is 16.5. The molecule has 0 fully saturated rings. The van der Waals surface area contributed by atoms with Gasteiger partial charge in [-0.05, 0) is 42.7 Å². The second kappa shape index (κ2) is 13.3. The van der Waals surface area contributed by atoms with Gasteiger partial charge in [-0.2, -0.15) is 0 Å².